The van der Waals surface area contributed by atoms with E-state index in [-0.39, 0.29) is 0 Å². The Morgan fingerprint density at radius 2 is 1.82 bits per heavy atom. The van der Waals surface area contributed by atoms with E-state index in [0.29, 0.717) is 5.56 Å². The fourth-order valence-electron chi connectivity index (χ4n) is 1.94. The number of benzene rings is 2. The number of hydrogen-bond donors (Lipinski definition) is 0. The van der Waals surface area contributed by atoms with Gasteiger partial charge in [-0.25, -0.2) is 0 Å². The zero-order chi connectivity index (χ0) is 11.7. The molecule has 0 amide bonds. The first kappa shape index (κ1) is 9.68. The molecule has 3 aromatic rings. The minimum absolute atomic E-state index is 0.649. The third-order valence-corrected chi connectivity index (χ3v) is 2.79. The smallest absolute Gasteiger partial charge is 0.134 e. The molecule has 0 aliphatic rings. The van der Waals surface area contributed by atoms with E-state index in [1.165, 1.54) is 0 Å². The molecule has 2 nitrogen and oxygen atoms in total. The van der Waals surface area contributed by atoms with Gasteiger partial charge in [0.1, 0.15) is 5.58 Å². The van der Waals surface area contributed by atoms with Crippen LogP contribution in [0, 0.1) is 11.3 Å². The summed E-state index contributed by atoms with van der Waals surface area (Å²) >= 11 is 0. The van der Waals surface area contributed by atoms with Gasteiger partial charge in [0.2, 0.25) is 0 Å². The van der Waals surface area contributed by atoms with Crippen LogP contribution in [0.25, 0.3) is 22.1 Å². The molecule has 2 aromatic carbocycles. The molecule has 0 bridgehead atoms. The van der Waals surface area contributed by atoms with E-state index in [1.54, 1.807) is 12.3 Å². The second kappa shape index (κ2) is 3.80. The quantitative estimate of drug-likeness (QED) is 0.620. The first-order valence-electron chi connectivity index (χ1n) is 5.35. The molecule has 0 saturated carbocycles. The summed E-state index contributed by atoms with van der Waals surface area (Å²) in [4.78, 5) is 0. The van der Waals surface area contributed by atoms with Crippen LogP contribution in [0.2, 0.25) is 0 Å². The Morgan fingerprint density at radius 1 is 1.00 bits per heavy atom. The van der Waals surface area contributed by atoms with Crippen molar-refractivity contribution in [2.45, 2.75) is 0 Å². The van der Waals surface area contributed by atoms with E-state index < -0.39 is 0 Å². The molecule has 1 aromatic heterocycles. The van der Waals surface area contributed by atoms with E-state index in [1.807, 2.05) is 42.5 Å². The number of hydrogen-bond acceptors (Lipinski definition) is 2. The second-order valence-electron chi connectivity index (χ2n) is 3.84. The van der Waals surface area contributed by atoms with Gasteiger partial charge in [0.15, 0.2) is 0 Å². The summed E-state index contributed by atoms with van der Waals surface area (Å²) < 4.78 is 5.49. The molecule has 0 saturated heterocycles. The van der Waals surface area contributed by atoms with Gasteiger partial charge in [0.25, 0.3) is 0 Å². The summed E-state index contributed by atoms with van der Waals surface area (Å²) in [6.45, 7) is 0. The molecule has 0 fully saturated rings. The van der Waals surface area contributed by atoms with Gasteiger partial charge in [-0.3, -0.25) is 0 Å². The minimum atomic E-state index is 0.649. The van der Waals surface area contributed by atoms with Crippen LogP contribution in [0.15, 0.2) is 59.2 Å². The Kier molecular flexibility index (Phi) is 2.16. The Balaban J connectivity index is 2.28. The van der Waals surface area contributed by atoms with Gasteiger partial charge in [-0.1, -0.05) is 30.3 Å². The molecule has 80 valence electrons. The lowest BCUT2D eigenvalue weighted by Gasteiger charge is -1.97. The first-order chi connectivity index (χ1) is 8.38. The van der Waals surface area contributed by atoms with Crippen LogP contribution in [0.4, 0.5) is 0 Å². The molecule has 3 rings (SSSR count). The maximum atomic E-state index is 8.92. The summed E-state index contributed by atoms with van der Waals surface area (Å²) in [7, 11) is 0. The Hall–Kier alpha value is -2.53. The molecule has 2 heteroatoms. The van der Waals surface area contributed by atoms with Crippen LogP contribution in [-0.4, -0.2) is 0 Å². The summed E-state index contributed by atoms with van der Waals surface area (Å²) in [5.41, 5.74) is 3.58. The van der Waals surface area contributed by atoms with Crippen molar-refractivity contribution in [1.29, 1.82) is 5.26 Å². The standard InChI is InChI=1S/C15H9NO/c16-9-11-6-7-15-13(8-11)14(10-17-15)12-4-2-1-3-5-12/h1-8,10H. The van der Waals surface area contributed by atoms with Crippen molar-refractivity contribution in [3.8, 4) is 17.2 Å². The maximum Gasteiger partial charge on any atom is 0.134 e. The second-order valence-corrected chi connectivity index (χ2v) is 3.84. The van der Waals surface area contributed by atoms with Crippen LogP contribution < -0.4 is 0 Å². The van der Waals surface area contributed by atoms with Crippen molar-refractivity contribution >= 4 is 11.0 Å². The fraction of sp³-hybridized carbons (Fsp3) is 0. The predicted octanol–water partition coefficient (Wildman–Crippen LogP) is 3.97. The van der Waals surface area contributed by atoms with Crippen molar-refractivity contribution in [2.24, 2.45) is 0 Å². The van der Waals surface area contributed by atoms with E-state index >= 15 is 0 Å². The Bertz CT molecular complexity index is 705. The highest BCUT2D eigenvalue weighted by molar-refractivity contribution is 5.94. The highest BCUT2D eigenvalue weighted by Gasteiger charge is 2.08. The zero-order valence-electron chi connectivity index (χ0n) is 9.05. The number of furan rings is 1. The molecular formula is C15H9NO. The lowest BCUT2D eigenvalue weighted by atomic mass is 10.0. The molecule has 17 heavy (non-hydrogen) atoms. The van der Waals surface area contributed by atoms with Gasteiger partial charge >= 0.3 is 0 Å². The van der Waals surface area contributed by atoms with Crippen molar-refractivity contribution in [3.05, 3.63) is 60.4 Å². The molecule has 0 aliphatic heterocycles. The lowest BCUT2D eigenvalue weighted by molar-refractivity contribution is 0.617. The topological polar surface area (TPSA) is 36.9 Å². The predicted molar refractivity (Wildman–Crippen MR) is 66.4 cm³/mol. The van der Waals surface area contributed by atoms with Gasteiger partial charge in [-0.15, -0.1) is 0 Å². The molecular weight excluding hydrogens is 210 g/mol. The molecule has 0 atom stereocenters. The summed E-state index contributed by atoms with van der Waals surface area (Å²) in [6, 6.07) is 17.6. The van der Waals surface area contributed by atoms with Crippen LogP contribution in [0.3, 0.4) is 0 Å². The number of nitrogens with zero attached hydrogens (tertiary/aromatic N) is 1. The highest BCUT2D eigenvalue weighted by atomic mass is 16.3. The van der Waals surface area contributed by atoms with Crippen molar-refractivity contribution in [3.63, 3.8) is 0 Å². The van der Waals surface area contributed by atoms with E-state index in [4.69, 9.17) is 9.68 Å². The zero-order valence-corrected chi connectivity index (χ0v) is 9.05. The normalized spacial score (nSPS) is 10.3. The number of nitriles is 1. The molecule has 0 N–H and O–H groups in total. The Morgan fingerprint density at radius 3 is 2.59 bits per heavy atom. The summed E-state index contributed by atoms with van der Waals surface area (Å²) in [5.74, 6) is 0. The van der Waals surface area contributed by atoms with E-state index in [2.05, 4.69) is 6.07 Å². The monoisotopic (exact) mass is 219 g/mol. The molecule has 1 heterocycles. The van der Waals surface area contributed by atoms with Gasteiger partial charge in [0.05, 0.1) is 17.9 Å². The van der Waals surface area contributed by atoms with Crippen molar-refractivity contribution < 1.29 is 4.42 Å². The molecule has 0 radical (unpaired) electrons. The largest absolute Gasteiger partial charge is 0.464 e. The third-order valence-electron chi connectivity index (χ3n) is 2.79. The van der Waals surface area contributed by atoms with Crippen LogP contribution in [0.5, 0.6) is 0 Å². The number of fused-ring (bicyclic) bond motifs is 1. The fourth-order valence-corrected chi connectivity index (χ4v) is 1.94. The van der Waals surface area contributed by atoms with Crippen LogP contribution >= 0.6 is 0 Å². The number of rotatable bonds is 1. The highest BCUT2D eigenvalue weighted by Crippen LogP contribution is 2.30. The maximum absolute atomic E-state index is 8.92. The molecule has 0 aliphatic carbocycles. The first-order valence-corrected chi connectivity index (χ1v) is 5.35. The van der Waals surface area contributed by atoms with E-state index in [9.17, 15) is 0 Å². The lowest BCUT2D eigenvalue weighted by Crippen LogP contribution is -1.76. The van der Waals surface area contributed by atoms with Crippen molar-refractivity contribution in [1.82, 2.24) is 0 Å². The SMILES string of the molecule is N#Cc1ccc2occ(-c3ccccc3)c2c1. The van der Waals surface area contributed by atoms with Gasteiger partial charge in [-0.2, -0.15) is 5.26 Å². The third kappa shape index (κ3) is 1.58. The van der Waals surface area contributed by atoms with Crippen LogP contribution in [-0.2, 0) is 0 Å². The summed E-state index contributed by atoms with van der Waals surface area (Å²) in [5, 5.41) is 9.90. The van der Waals surface area contributed by atoms with Gasteiger partial charge in [0, 0.05) is 10.9 Å². The average Bonchev–Trinajstić information content (AvgIpc) is 2.82. The minimum Gasteiger partial charge on any atom is -0.464 e. The average molecular weight is 219 g/mol. The molecule has 0 unspecified atom stereocenters. The molecule has 0 spiro atoms. The Labute approximate surface area is 98.7 Å². The van der Waals surface area contributed by atoms with Gasteiger partial charge < -0.3 is 4.42 Å². The van der Waals surface area contributed by atoms with Crippen molar-refractivity contribution in [2.75, 3.05) is 0 Å². The summed E-state index contributed by atoms with van der Waals surface area (Å²) in [6.07, 6.45) is 1.74. The van der Waals surface area contributed by atoms with E-state index in [0.717, 1.165) is 22.1 Å². The van der Waals surface area contributed by atoms with Gasteiger partial charge in [-0.05, 0) is 23.8 Å². The van der Waals surface area contributed by atoms with Crippen LogP contribution in [0.1, 0.15) is 5.56 Å².